The van der Waals surface area contributed by atoms with Crippen molar-refractivity contribution in [3.8, 4) is 0 Å². The van der Waals surface area contributed by atoms with Gasteiger partial charge < -0.3 is 5.73 Å². The number of hydrogen-bond donors (Lipinski definition) is 1. The zero-order chi connectivity index (χ0) is 13.1. The quantitative estimate of drug-likeness (QED) is 0.889. The van der Waals surface area contributed by atoms with Gasteiger partial charge in [0, 0.05) is 17.0 Å². The normalized spacial score (nSPS) is 18.7. The smallest absolute Gasteiger partial charge is 0.0704 e. The van der Waals surface area contributed by atoms with E-state index < -0.39 is 0 Å². The lowest BCUT2D eigenvalue weighted by Gasteiger charge is -2.18. The number of halogens is 1. The third-order valence-electron chi connectivity index (χ3n) is 3.44. The molecule has 2 N–H and O–H groups in total. The molecule has 1 aromatic heterocycles. The highest BCUT2D eigenvalue weighted by Gasteiger charge is 2.21. The van der Waals surface area contributed by atoms with Crippen molar-refractivity contribution in [2.75, 3.05) is 5.75 Å². The van der Waals surface area contributed by atoms with Crippen LogP contribution in [0.1, 0.15) is 57.3 Å². The summed E-state index contributed by atoms with van der Waals surface area (Å²) in [5.41, 5.74) is 7.48. The fourth-order valence-corrected chi connectivity index (χ4v) is 4.35. The number of nitrogens with zero attached hydrogens (tertiary/aromatic N) is 2. The van der Waals surface area contributed by atoms with Crippen LogP contribution in [-0.2, 0) is 0 Å². The Morgan fingerprint density at radius 1 is 1.50 bits per heavy atom. The molecule has 1 aliphatic rings. The van der Waals surface area contributed by atoms with E-state index in [4.69, 9.17) is 5.73 Å². The Morgan fingerprint density at radius 3 is 2.78 bits per heavy atom. The highest BCUT2D eigenvalue weighted by molar-refractivity contribution is 9.10. The summed E-state index contributed by atoms with van der Waals surface area (Å²) in [6.07, 6.45) is 7.36. The molecular weight excluding hydrogens is 310 g/mol. The molecule has 0 spiro atoms. The van der Waals surface area contributed by atoms with Crippen molar-refractivity contribution in [2.45, 2.75) is 56.9 Å². The molecule has 0 amide bonds. The van der Waals surface area contributed by atoms with E-state index in [2.05, 4.69) is 34.9 Å². The minimum Gasteiger partial charge on any atom is -0.322 e. The molecule has 2 rings (SSSR count). The van der Waals surface area contributed by atoms with Gasteiger partial charge in [0.25, 0.3) is 0 Å². The molecule has 0 aromatic carbocycles. The first kappa shape index (κ1) is 14.4. The van der Waals surface area contributed by atoms with Crippen molar-refractivity contribution in [2.24, 2.45) is 5.73 Å². The fraction of sp³-hybridized carbons (Fsp3) is 0.769. The van der Waals surface area contributed by atoms with E-state index in [0.717, 1.165) is 21.2 Å². The highest BCUT2D eigenvalue weighted by atomic mass is 79.9. The molecule has 1 unspecified atom stereocenters. The van der Waals surface area contributed by atoms with Crippen molar-refractivity contribution < 1.29 is 0 Å². The second-order valence-electron chi connectivity index (χ2n) is 5.26. The van der Waals surface area contributed by atoms with Gasteiger partial charge in [0.05, 0.1) is 22.4 Å². The number of hydrogen-bond acceptors (Lipinski definition) is 3. The minimum atomic E-state index is 0.0647. The van der Waals surface area contributed by atoms with E-state index in [1.807, 2.05) is 22.6 Å². The Labute approximate surface area is 122 Å². The fourth-order valence-electron chi connectivity index (χ4n) is 2.48. The monoisotopic (exact) mass is 331 g/mol. The Balaban J connectivity index is 1.98. The van der Waals surface area contributed by atoms with E-state index in [0.29, 0.717) is 6.04 Å². The summed E-state index contributed by atoms with van der Waals surface area (Å²) in [6.45, 7) is 4.28. The first-order valence-electron chi connectivity index (χ1n) is 6.69. The van der Waals surface area contributed by atoms with Crippen molar-refractivity contribution in [3.63, 3.8) is 0 Å². The van der Waals surface area contributed by atoms with Crippen LogP contribution in [0, 0.1) is 0 Å². The molecule has 1 atom stereocenters. The number of nitrogens with two attached hydrogens (primary N) is 1. The van der Waals surface area contributed by atoms with E-state index in [1.54, 1.807) is 0 Å². The highest BCUT2D eigenvalue weighted by Crippen LogP contribution is 2.33. The van der Waals surface area contributed by atoms with Gasteiger partial charge in [-0.15, -0.1) is 0 Å². The molecular formula is C13H22BrN3S. The van der Waals surface area contributed by atoms with Crippen LogP contribution in [0.5, 0.6) is 0 Å². The van der Waals surface area contributed by atoms with Gasteiger partial charge >= 0.3 is 0 Å². The van der Waals surface area contributed by atoms with Gasteiger partial charge in [-0.05, 0) is 42.6 Å². The zero-order valence-corrected chi connectivity index (χ0v) is 13.5. The van der Waals surface area contributed by atoms with Crippen molar-refractivity contribution in [3.05, 3.63) is 16.4 Å². The van der Waals surface area contributed by atoms with E-state index >= 15 is 0 Å². The van der Waals surface area contributed by atoms with Gasteiger partial charge in [0.2, 0.25) is 0 Å². The van der Waals surface area contributed by atoms with E-state index in [1.165, 1.54) is 25.7 Å². The van der Waals surface area contributed by atoms with Gasteiger partial charge in [0.15, 0.2) is 0 Å². The molecule has 0 saturated heterocycles. The SMILES string of the molecule is CC(C)n1ncc(Br)c1C(N)CSC1CCCC1. The molecule has 18 heavy (non-hydrogen) atoms. The van der Waals surface area contributed by atoms with E-state index in [9.17, 15) is 0 Å². The molecule has 1 aromatic rings. The third kappa shape index (κ3) is 3.31. The second-order valence-corrected chi connectivity index (χ2v) is 7.45. The van der Waals surface area contributed by atoms with Crippen LogP contribution in [-0.4, -0.2) is 20.8 Å². The minimum absolute atomic E-state index is 0.0647. The standard InChI is InChI=1S/C13H22BrN3S/c1-9(2)17-13(11(14)7-16-17)12(15)8-18-10-5-3-4-6-10/h7,9-10,12H,3-6,8,15H2,1-2H3. The van der Waals surface area contributed by atoms with Crippen LogP contribution in [0.15, 0.2) is 10.7 Å². The number of aromatic nitrogens is 2. The summed E-state index contributed by atoms with van der Waals surface area (Å²) in [5, 5.41) is 5.22. The van der Waals surface area contributed by atoms with Crippen LogP contribution in [0.3, 0.4) is 0 Å². The molecule has 102 valence electrons. The molecule has 0 bridgehead atoms. The van der Waals surface area contributed by atoms with Crippen molar-refractivity contribution >= 4 is 27.7 Å². The summed E-state index contributed by atoms with van der Waals surface area (Å²) < 4.78 is 3.07. The Morgan fingerprint density at radius 2 is 2.17 bits per heavy atom. The average Bonchev–Trinajstić information content (AvgIpc) is 2.94. The maximum atomic E-state index is 6.35. The summed E-state index contributed by atoms with van der Waals surface area (Å²) >= 11 is 5.60. The molecule has 1 heterocycles. The predicted molar refractivity (Wildman–Crippen MR) is 82.0 cm³/mol. The first-order chi connectivity index (χ1) is 8.59. The number of rotatable bonds is 5. The van der Waals surface area contributed by atoms with Crippen LogP contribution >= 0.6 is 27.7 Å². The topological polar surface area (TPSA) is 43.8 Å². The van der Waals surface area contributed by atoms with Crippen LogP contribution in [0.4, 0.5) is 0 Å². The van der Waals surface area contributed by atoms with Crippen LogP contribution in [0.2, 0.25) is 0 Å². The second kappa shape index (κ2) is 6.44. The van der Waals surface area contributed by atoms with Gasteiger partial charge in [-0.2, -0.15) is 16.9 Å². The number of thioether (sulfide) groups is 1. The largest absolute Gasteiger partial charge is 0.322 e. The van der Waals surface area contributed by atoms with Crippen molar-refractivity contribution in [1.29, 1.82) is 0 Å². The van der Waals surface area contributed by atoms with Gasteiger partial charge in [-0.25, -0.2) is 0 Å². The van der Waals surface area contributed by atoms with E-state index in [-0.39, 0.29) is 6.04 Å². The molecule has 0 aliphatic heterocycles. The lowest BCUT2D eigenvalue weighted by molar-refractivity contribution is 0.494. The molecule has 0 radical (unpaired) electrons. The molecule has 1 saturated carbocycles. The maximum Gasteiger partial charge on any atom is 0.0704 e. The molecule has 1 aliphatic carbocycles. The summed E-state index contributed by atoms with van der Waals surface area (Å²) in [5.74, 6) is 0.988. The Hall–Kier alpha value is -0.0000000000000000555. The molecule has 3 nitrogen and oxygen atoms in total. The lowest BCUT2D eigenvalue weighted by atomic mass is 10.2. The average molecular weight is 332 g/mol. The Bertz CT molecular complexity index is 386. The van der Waals surface area contributed by atoms with Gasteiger partial charge in [0.1, 0.15) is 0 Å². The zero-order valence-electron chi connectivity index (χ0n) is 11.1. The van der Waals surface area contributed by atoms with Crippen LogP contribution < -0.4 is 5.73 Å². The third-order valence-corrected chi connectivity index (χ3v) is 5.55. The molecule has 1 fully saturated rings. The molecule has 5 heteroatoms. The van der Waals surface area contributed by atoms with Crippen LogP contribution in [0.25, 0.3) is 0 Å². The van der Waals surface area contributed by atoms with Gasteiger partial charge in [-0.1, -0.05) is 12.8 Å². The maximum absolute atomic E-state index is 6.35. The summed E-state index contributed by atoms with van der Waals surface area (Å²) in [6, 6.07) is 0.420. The van der Waals surface area contributed by atoms with Crippen molar-refractivity contribution in [1.82, 2.24) is 9.78 Å². The predicted octanol–water partition coefficient (Wildman–Crippen LogP) is 3.90. The summed E-state index contributed by atoms with van der Waals surface area (Å²) in [4.78, 5) is 0. The van der Waals surface area contributed by atoms with Gasteiger partial charge in [-0.3, -0.25) is 4.68 Å². The summed E-state index contributed by atoms with van der Waals surface area (Å²) in [7, 11) is 0. The first-order valence-corrected chi connectivity index (χ1v) is 8.54. The lowest BCUT2D eigenvalue weighted by Crippen LogP contribution is -2.21. The Kier molecular flexibility index (Phi) is 5.15.